The van der Waals surface area contributed by atoms with Crippen LogP contribution in [0.25, 0.3) is 28.0 Å². The van der Waals surface area contributed by atoms with E-state index in [4.69, 9.17) is 0 Å². The molecule has 0 bridgehead atoms. The van der Waals surface area contributed by atoms with Gasteiger partial charge in [-0.2, -0.15) is 15.8 Å². The summed E-state index contributed by atoms with van der Waals surface area (Å²) in [6, 6.07) is 16.8. The summed E-state index contributed by atoms with van der Waals surface area (Å²) < 4.78 is 43.5. The minimum Gasteiger partial charge on any atom is -0.256 e. The second kappa shape index (κ2) is 7.34. The topological polar surface area (TPSA) is 84.3 Å². The minimum atomic E-state index is -1.70. The van der Waals surface area contributed by atoms with Crippen LogP contribution in [0.15, 0.2) is 65.9 Å². The SMILES string of the molecule is N#CC=C1/C(=C2/c3ccccc3-c3ncccc32)C(=C(C#N)C#N)c2cc(F)c(F)c(F)c21. The number of pyridine rings is 1. The Kier molecular flexibility index (Phi) is 4.45. The lowest BCUT2D eigenvalue weighted by Gasteiger charge is -2.12. The number of nitriles is 3. The van der Waals surface area contributed by atoms with Crippen molar-refractivity contribution in [1.82, 2.24) is 4.98 Å². The zero-order valence-corrected chi connectivity index (χ0v) is 16.6. The summed E-state index contributed by atoms with van der Waals surface area (Å²) >= 11 is 0. The number of fused-ring (bicyclic) bond motifs is 4. The maximum Gasteiger partial charge on any atom is 0.195 e. The van der Waals surface area contributed by atoms with E-state index >= 15 is 4.39 Å². The van der Waals surface area contributed by atoms with Crippen LogP contribution in [0, 0.1) is 51.4 Å². The van der Waals surface area contributed by atoms with E-state index in [-0.39, 0.29) is 27.8 Å². The van der Waals surface area contributed by atoms with Gasteiger partial charge in [-0.25, -0.2) is 13.2 Å². The number of nitrogens with zero attached hydrogens (tertiary/aromatic N) is 4. The third kappa shape index (κ3) is 2.65. The summed E-state index contributed by atoms with van der Waals surface area (Å²) in [6.45, 7) is 0. The highest BCUT2D eigenvalue weighted by atomic mass is 19.2. The average Bonchev–Trinajstić information content (AvgIpc) is 3.31. The Labute approximate surface area is 186 Å². The highest BCUT2D eigenvalue weighted by Crippen LogP contribution is 2.55. The molecule has 2 aliphatic rings. The fraction of sp³-hybridized carbons (Fsp3) is 0. The van der Waals surface area contributed by atoms with Gasteiger partial charge in [-0.15, -0.1) is 0 Å². The van der Waals surface area contributed by atoms with Crippen molar-refractivity contribution in [2.75, 3.05) is 0 Å². The molecule has 7 heteroatoms. The van der Waals surface area contributed by atoms with Crippen LogP contribution in [0.4, 0.5) is 13.2 Å². The molecule has 0 N–H and O–H groups in total. The third-order valence-electron chi connectivity index (χ3n) is 5.68. The van der Waals surface area contributed by atoms with E-state index in [0.29, 0.717) is 22.4 Å². The van der Waals surface area contributed by atoms with Gasteiger partial charge in [0.2, 0.25) is 0 Å². The van der Waals surface area contributed by atoms with Crippen LogP contribution in [0.2, 0.25) is 0 Å². The zero-order chi connectivity index (χ0) is 23.3. The van der Waals surface area contributed by atoms with Crippen LogP contribution in [0.5, 0.6) is 0 Å². The molecule has 33 heavy (non-hydrogen) atoms. The highest BCUT2D eigenvalue weighted by Gasteiger charge is 2.39. The van der Waals surface area contributed by atoms with E-state index in [1.54, 1.807) is 42.6 Å². The van der Waals surface area contributed by atoms with Crippen molar-refractivity contribution in [3.8, 4) is 29.5 Å². The number of benzene rings is 2. The summed E-state index contributed by atoms with van der Waals surface area (Å²) in [5, 5.41) is 28.8. The fourth-order valence-electron chi connectivity index (χ4n) is 4.46. The van der Waals surface area contributed by atoms with Gasteiger partial charge < -0.3 is 0 Å². The molecule has 2 aromatic carbocycles. The Morgan fingerprint density at radius 2 is 1.52 bits per heavy atom. The van der Waals surface area contributed by atoms with E-state index in [1.165, 1.54) is 0 Å². The molecule has 1 aromatic heterocycles. The first-order valence-corrected chi connectivity index (χ1v) is 9.66. The number of aromatic nitrogens is 1. The van der Waals surface area contributed by atoms with Crippen molar-refractivity contribution in [3.05, 3.63) is 106 Å². The van der Waals surface area contributed by atoms with E-state index in [1.807, 2.05) is 18.2 Å². The molecule has 0 spiro atoms. The Morgan fingerprint density at radius 3 is 2.21 bits per heavy atom. The smallest absolute Gasteiger partial charge is 0.195 e. The van der Waals surface area contributed by atoms with Crippen LogP contribution in [0.1, 0.15) is 22.3 Å². The van der Waals surface area contributed by atoms with Crippen molar-refractivity contribution < 1.29 is 13.2 Å². The Hall–Kier alpha value is -4.93. The molecule has 4 nitrogen and oxygen atoms in total. The number of rotatable bonds is 0. The van der Waals surface area contributed by atoms with Crippen molar-refractivity contribution in [3.63, 3.8) is 0 Å². The molecule has 0 saturated heterocycles. The number of halogens is 3. The van der Waals surface area contributed by atoms with Gasteiger partial charge in [-0.1, -0.05) is 30.3 Å². The van der Waals surface area contributed by atoms with Crippen molar-refractivity contribution >= 4 is 16.7 Å². The molecule has 0 amide bonds. The molecular formula is C26H9F3N4. The lowest BCUT2D eigenvalue weighted by molar-refractivity contribution is 0.445. The number of hydrogen-bond donors (Lipinski definition) is 0. The molecule has 3 aromatic rings. The summed E-state index contributed by atoms with van der Waals surface area (Å²) in [6.07, 6.45) is 2.62. The molecule has 0 fully saturated rings. The number of hydrogen-bond acceptors (Lipinski definition) is 4. The molecule has 0 saturated carbocycles. The fourth-order valence-corrected chi connectivity index (χ4v) is 4.46. The molecule has 1 heterocycles. The average molecular weight is 434 g/mol. The van der Waals surface area contributed by atoms with Gasteiger partial charge in [-0.05, 0) is 23.3 Å². The van der Waals surface area contributed by atoms with E-state index in [0.717, 1.165) is 17.7 Å². The van der Waals surface area contributed by atoms with Crippen molar-refractivity contribution in [2.24, 2.45) is 0 Å². The predicted molar refractivity (Wildman–Crippen MR) is 114 cm³/mol. The quantitative estimate of drug-likeness (QED) is 0.262. The summed E-state index contributed by atoms with van der Waals surface area (Å²) in [4.78, 5) is 4.44. The van der Waals surface area contributed by atoms with Gasteiger partial charge in [-0.3, -0.25) is 4.98 Å². The Balaban J connectivity index is 2.06. The van der Waals surface area contributed by atoms with Crippen LogP contribution >= 0.6 is 0 Å². The first kappa shape index (κ1) is 20.0. The molecule has 5 rings (SSSR count). The maximum atomic E-state index is 15.0. The molecule has 0 atom stereocenters. The van der Waals surface area contributed by atoms with Crippen LogP contribution in [-0.4, -0.2) is 4.98 Å². The van der Waals surface area contributed by atoms with E-state index in [2.05, 4.69) is 4.98 Å². The normalized spacial score (nSPS) is 16.5. The largest absolute Gasteiger partial charge is 0.256 e. The van der Waals surface area contributed by atoms with Crippen LogP contribution in [0.3, 0.4) is 0 Å². The van der Waals surface area contributed by atoms with Gasteiger partial charge in [0.15, 0.2) is 17.5 Å². The maximum absolute atomic E-state index is 15.0. The summed E-state index contributed by atoms with van der Waals surface area (Å²) in [5.74, 6) is -4.66. The van der Waals surface area contributed by atoms with Crippen molar-refractivity contribution in [2.45, 2.75) is 0 Å². The van der Waals surface area contributed by atoms with E-state index in [9.17, 15) is 24.6 Å². The second-order valence-electron chi connectivity index (χ2n) is 7.26. The van der Waals surface area contributed by atoms with Crippen molar-refractivity contribution in [1.29, 1.82) is 15.8 Å². The first-order valence-electron chi connectivity index (χ1n) is 9.66. The standard InChI is InChI=1S/C26H9F3N4/c27-19-10-18-20(13(11-31)12-32)23(16(7-8-30)22(18)25(29)24(19)28)21-14-4-1-2-5-15(14)26-17(21)6-3-9-33-26/h1-7,9-10H/b16-7?,23-21+. The zero-order valence-electron chi connectivity index (χ0n) is 16.6. The Bertz CT molecular complexity index is 1560. The minimum absolute atomic E-state index is 0.0385. The van der Waals surface area contributed by atoms with Crippen LogP contribution < -0.4 is 0 Å². The van der Waals surface area contributed by atoms with Crippen LogP contribution in [-0.2, 0) is 0 Å². The third-order valence-corrected chi connectivity index (χ3v) is 5.68. The molecule has 0 radical (unpaired) electrons. The lowest BCUT2D eigenvalue weighted by Crippen LogP contribution is -1.97. The summed E-state index contributed by atoms with van der Waals surface area (Å²) in [5.41, 5.74) is 2.29. The molecule has 0 unspecified atom stereocenters. The Morgan fingerprint density at radius 1 is 0.818 bits per heavy atom. The first-order chi connectivity index (χ1) is 16.0. The van der Waals surface area contributed by atoms with Gasteiger partial charge in [0, 0.05) is 51.3 Å². The second-order valence-corrected chi connectivity index (χ2v) is 7.26. The lowest BCUT2D eigenvalue weighted by atomic mass is 9.89. The number of allylic oxidation sites excluding steroid dienone is 5. The van der Waals surface area contributed by atoms with Gasteiger partial charge >= 0.3 is 0 Å². The monoisotopic (exact) mass is 434 g/mol. The van der Waals surface area contributed by atoms with Gasteiger partial charge in [0.05, 0.1) is 11.8 Å². The van der Waals surface area contributed by atoms with Gasteiger partial charge in [0.1, 0.15) is 17.7 Å². The molecule has 0 aliphatic heterocycles. The summed E-state index contributed by atoms with van der Waals surface area (Å²) in [7, 11) is 0. The predicted octanol–water partition coefficient (Wildman–Crippen LogP) is 5.70. The molecule has 154 valence electrons. The van der Waals surface area contributed by atoms with E-state index < -0.39 is 23.0 Å². The molecular weight excluding hydrogens is 425 g/mol. The van der Waals surface area contributed by atoms with Gasteiger partial charge in [0.25, 0.3) is 0 Å². The molecule has 2 aliphatic carbocycles. The highest BCUT2D eigenvalue weighted by molar-refractivity contribution is 6.20.